The second-order valence-electron chi connectivity index (χ2n) is 5.45. The Bertz CT molecular complexity index is 643. The Kier molecular flexibility index (Phi) is 7.43. The van der Waals surface area contributed by atoms with Crippen molar-refractivity contribution in [2.24, 2.45) is 5.14 Å². The number of amides is 1. The van der Waals surface area contributed by atoms with E-state index in [4.69, 9.17) is 5.14 Å². The molecule has 23 heavy (non-hydrogen) atoms. The lowest BCUT2D eigenvalue weighted by Gasteiger charge is -2.19. The monoisotopic (exact) mass is 362 g/mol. The molecule has 1 saturated heterocycles. The third-order valence-electron chi connectivity index (χ3n) is 3.61. The van der Waals surface area contributed by atoms with Crippen molar-refractivity contribution < 1.29 is 13.2 Å². The van der Waals surface area contributed by atoms with E-state index in [1.54, 1.807) is 13.0 Å². The Morgan fingerprint density at radius 1 is 1.35 bits per heavy atom. The number of hydrogen-bond donors (Lipinski definition) is 3. The molecule has 0 aliphatic carbocycles. The summed E-state index contributed by atoms with van der Waals surface area (Å²) in [5.41, 5.74) is 1.27. The maximum absolute atomic E-state index is 12.2. The average molecular weight is 363 g/mol. The van der Waals surface area contributed by atoms with E-state index in [9.17, 15) is 13.2 Å². The number of anilines is 1. The molecule has 130 valence electrons. The predicted octanol–water partition coefficient (Wildman–Crippen LogP) is 0.298. The number of sulfonamides is 1. The first kappa shape index (κ1) is 19.9. The number of rotatable bonds is 4. The summed E-state index contributed by atoms with van der Waals surface area (Å²) in [5, 5.41) is 11.2. The summed E-state index contributed by atoms with van der Waals surface area (Å²) < 4.78 is 22.8. The first-order valence-electron chi connectivity index (χ1n) is 7.22. The first-order valence-corrected chi connectivity index (χ1v) is 8.77. The largest absolute Gasteiger partial charge is 0.325 e. The molecule has 0 radical (unpaired) electrons. The number of nitrogens with one attached hydrogen (secondary N) is 2. The van der Waals surface area contributed by atoms with Crippen LogP contribution in [0.2, 0.25) is 0 Å². The molecular weight excluding hydrogens is 340 g/mol. The van der Waals surface area contributed by atoms with Crippen LogP contribution < -0.4 is 15.8 Å². The van der Waals surface area contributed by atoms with Gasteiger partial charge in [0.2, 0.25) is 15.9 Å². The van der Waals surface area contributed by atoms with Gasteiger partial charge in [0.25, 0.3) is 0 Å². The lowest BCUT2D eigenvalue weighted by molar-refractivity contribution is -0.117. The molecule has 1 amide bonds. The van der Waals surface area contributed by atoms with E-state index in [0.29, 0.717) is 12.2 Å². The predicted molar refractivity (Wildman–Crippen MR) is 92.4 cm³/mol. The van der Waals surface area contributed by atoms with Gasteiger partial charge in [0.1, 0.15) is 0 Å². The van der Waals surface area contributed by atoms with Gasteiger partial charge >= 0.3 is 0 Å². The molecule has 1 fully saturated rings. The smallest absolute Gasteiger partial charge is 0.238 e. The van der Waals surface area contributed by atoms with Crippen LogP contribution in [0.5, 0.6) is 0 Å². The van der Waals surface area contributed by atoms with Crippen LogP contribution in [-0.4, -0.2) is 51.9 Å². The third-order valence-corrected chi connectivity index (χ3v) is 4.52. The van der Waals surface area contributed by atoms with Crippen LogP contribution in [0.3, 0.4) is 0 Å². The van der Waals surface area contributed by atoms with Gasteiger partial charge in [-0.05, 0) is 44.1 Å². The van der Waals surface area contributed by atoms with Crippen molar-refractivity contribution in [1.82, 2.24) is 10.2 Å². The molecule has 0 unspecified atom stereocenters. The van der Waals surface area contributed by atoms with Crippen LogP contribution in [0.25, 0.3) is 0 Å². The van der Waals surface area contributed by atoms with Gasteiger partial charge in [-0.25, -0.2) is 13.6 Å². The Morgan fingerprint density at radius 3 is 2.78 bits per heavy atom. The SMILES string of the molecule is Cc1ccc(S(N)(=O)=O)cc1NC(=O)CN1CCCNCC1.Cl. The van der Waals surface area contributed by atoms with E-state index in [2.05, 4.69) is 15.5 Å². The molecule has 4 N–H and O–H groups in total. The lowest BCUT2D eigenvalue weighted by atomic mass is 10.2. The summed E-state index contributed by atoms with van der Waals surface area (Å²) in [6.45, 7) is 5.63. The molecule has 0 bridgehead atoms. The van der Waals surface area contributed by atoms with E-state index in [0.717, 1.165) is 38.2 Å². The van der Waals surface area contributed by atoms with Crippen molar-refractivity contribution in [2.45, 2.75) is 18.2 Å². The maximum atomic E-state index is 12.2. The summed E-state index contributed by atoms with van der Waals surface area (Å²) in [6.07, 6.45) is 1.01. The molecule has 2 rings (SSSR count). The number of halogens is 1. The highest BCUT2D eigenvalue weighted by Crippen LogP contribution is 2.19. The normalized spacial score (nSPS) is 16.3. The summed E-state index contributed by atoms with van der Waals surface area (Å²) in [7, 11) is -3.78. The molecule has 0 aromatic heterocycles. The van der Waals surface area contributed by atoms with Gasteiger partial charge in [-0.3, -0.25) is 9.69 Å². The number of carbonyl (C=O) groups excluding carboxylic acids is 1. The summed E-state index contributed by atoms with van der Waals surface area (Å²) in [6, 6.07) is 4.46. The summed E-state index contributed by atoms with van der Waals surface area (Å²) in [4.78, 5) is 14.2. The Balaban J connectivity index is 0.00000264. The molecule has 9 heteroatoms. The number of benzene rings is 1. The number of carbonyl (C=O) groups is 1. The van der Waals surface area contributed by atoms with Crippen molar-refractivity contribution in [3.8, 4) is 0 Å². The highest BCUT2D eigenvalue weighted by molar-refractivity contribution is 7.89. The first-order chi connectivity index (χ1) is 10.4. The van der Waals surface area contributed by atoms with Crippen molar-refractivity contribution >= 4 is 34.0 Å². The van der Waals surface area contributed by atoms with Gasteiger partial charge in [-0.2, -0.15) is 0 Å². The van der Waals surface area contributed by atoms with E-state index in [1.807, 2.05) is 0 Å². The molecule has 1 aliphatic heterocycles. The van der Waals surface area contributed by atoms with Gasteiger partial charge in [0.15, 0.2) is 0 Å². The minimum Gasteiger partial charge on any atom is -0.325 e. The molecule has 0 atom stereocenters. The topological polar surface area (TPSA) is 105 Å². The quantitative estimate of drug-likeness (QED) is 0.714. The fraction of sp³-hybridized carbons (Fsp3) is 0.500. The summed E-state index contributed by atoms with van der Waals surface area (Å²) >= 11 is 0. The Hall–Kier alpha value is -1.19. The van der Waals surface area contributed by atoms with Crippen LogP contribution in [0, 0.1) is 6.92 Å². The lowest BCUT2D eigenvalue weighted by Crippen LogP contribution is -2.35. The molecule has 0 spiro atoms. The van der Waals surface area contributed by atoms with Crippen molar-refractivity contribution in [2.75, 3.05) is 38.0 Å². The third kappa shape index (κ3) is 6.08. The number of hydrogen-bond acceptors (Lipinski definition) is 5. The minimum atomic E-state index is -3.78. The van der Waals surface area contributed by atoms with E-state index < -0.39 is 10.0 Å². The number of nitrogens with two attached hydrogens (primary N) is 1. The number of primary sulfonamides is 1. The molecule has 1 aromatic carbocycles. The van der Waals surface area contributed by atoms with Gasteiger partial charge in [-0.1, -0.05) is 6.07 Å². The number of aryl methyl sites for hydroxylation is 1. The fourth-order valence-corrected chi connectivity index (χ4v) is 2.91. The Labute approximate surface area is 143 Å². The van der Waals surface area contributed by atoms with Crippen molar-refractivity contribution in [3.63, 3.8) is 0 Å². The molecule has 1 heterocycles. The van der Waals surface area contributed by atoms with E-state index in [-0.39, 0.29) is 23.2 Å². The molecule has 1 aromatic rings. The van der Waals surface area contributed by atoms with Crippen LogP contribution in [0.4, 0.5) is 5.69 Å². The number of nitrogens with zero attached hydrogens (tertiary/aromatic N) is 1. The molecule has 7 nitrogen and oxygen atoms in total. The summed E-state index contributed by atoms with van der Waals surface area (Å²) in [5.74, 6) is -0.156. The highest BCUT2D eigenvalue weighted by Gasteiger charge is 2.15. The van der Waals surface area contributed by atoms with Crippen molar-refractivity contribution in [3.05, 3.63) is 23.8 Å². The van der Waals surface area contributed by atoms with E-state index in [1.165, 1.54) is 12.1 Å². The van der Waals surface area contributed by atoms with Gasteiger partial charge in [0, 0.05) is 18.8 Å². The van der Waals surface area contributed by atoms with Crippen LogP contribution in [-0.2, 0) is 14.8 Å². The minimum absolute atomic E-state index is 0. The van der Waals surface area contributed by atoms with Crippen molar-refractivity contribution in [1.29, 1.82) is 0 Å². The van der Waals surface area contributed by atoms with Gasteiger partial charge in [-0.15, -0.1) is 12.4 Å². The maximum Gasteiger partial charge on any atom is 0.238 e. The Morgan fingerprint density at radius 2 is 2.09 bits per heavy atom. The zero-order valence-electron chi connectivity index (χ0n) is 13.0. The van der Waals surface area contributed by atoms with E-state index >= 15 is 0 Å². The highest BCUT2D eigenvalue weighted by atomic mass is 35.5. The van der Waals surface area contributed by atoms with Crippen LogP contribution in [0.1, 0.15) is 12.0 Å². The standard InChI is InChI=1S/C14H22N4O3S.ClH/c1-11-3-4-12(22(15,20)21)9-13(11)17-14(19)10-18-7-2-5-16-6-8-18;/h3-4,9,16H,2,5-8,10H2,1H3,(H,17,19)(H2,15,20,21);1H. The molecule has 1 aliphatic rings. The van der Waals surface area contributed by atoms with Gasteiger partial charge in [0.05, 0.1) is 11.4 Å². The second kappa shape index (κ2) is 8.60. The zero-order chi connectivity index (χ0) is 16.2. The fourth-order valence-electron chi connectivity index (χ4n) is 2.37. The van der Waals surface area contributed by atoms with Gasteiger partial charge < -0.3 is 10.6 Å². The molecule has 0 saturated carbocycles. The van der Waals surface area contributed by atoms with Crippen LogP contribution in [0.15, 0.2) is 23.1 Å². The van der Waals surface area contributed by atoms with Crippen LogP contribution >= 0.6 is 12.4 Å². The zero-order valence-corrected chi connectivity index (χ0v) is 14.7. The average Bonchev–Trinajstić information content (AvgIpc) is 2.68. The molecular formula is C14H23ClN4O3S. The second-order valence-corrected chi connectivity index (χ2v) is 7.01.